The third-order valence-corrected chi connectivity index (χ3v) is 5.78. The summed E-state index contributed by atoms with van der Waals surface area (Å²) in [5.41, 5.74) is 2.93. The number of hydroxylamine groups is 1. The first-order valence-electron chi connectivity index (χ1n) is 7.14. The monoisotopic (exact) mass is 293 g/mol. The van der Waals surface area contributed by atoms with Crippen molar-refractivity contribution in [3.63, 3.8) is 0 Å². The van der Waals surface area contributed by atoms with E-state index in [9.17, 15) is 0 Å². The molecule has 0 amide bonds. The van der Waals surface area contributed by atoms with Crippen LogP contribution in [0.2, 0.25) is 6.04 Å². The van der Waals surface area contributed by atoms with Crippen LogP contribution in [0.25, 0.3) is 0 Å². The number of rotatable bonds is 13. The lowest BCUT2D eigenvalue weighted by atomic mass is 10.5. The third kappa shape index (κ3) is 7.36. The molecule has 114 valence electrons. The van der Waals surface area contributed by atoms with Crippen molar-refractivity contribution in [3.8, 4) is 0 Å². The molecule has 1 heterocycles. The maximum absolute atomic E-state index is 5.77. The number of epoxide rings is 1. The zero-order valence-electron chi connectivity index (χ0n) is 12.3. The Morgan fingerprint density at radius 2 is 1.68 bits per heavy atom. The van der Waals surface area contributed by atoms with Crippen LogP contribution >= 0.6 is 0 Å². The molecule has 1 aliphatic heterocycles. The summed E-state index contributed by atoms with van der Waals surface area (Å²) in [5.74, 6) is 0. The van der Waals surface area contributed by atoms with E-state index in [0.717, 1.165) is 25.6 Å². The lowest BCUT2D eigenvalue weighted by Gasteiger charge is -2.28. The van der Waals surface area contributed by atoms with Crippen LogP contribution in [-0.4, -0.2) is 54.5 Å². The molecule has 0 aromatic carbocycles. The fourth-order valence-corrected chi connectivity index (χ4v) is 4.38. The van der Waals surface area contributed by atoms with Gasteiger partial charge in [-0.05, 0) is 27.2 Å². The molecule has 0 spiro atoms. The lowest BCUT2D eigenvalue weighted by molar-refractivity contribution is 0.0289. The van der Waals surface area contributed by atoms with Gasteiger partial charge in [-0.3, -0.25) is 4.84 Å². The van der Waals surface area contributed by atoms with Gasteiger partial charge in [0.1, 0.15) is 6.10 Å². The highest BCUT2D eigenvalue weighted by atomic mass is 28.4. The van der Waals surface area contributed by atoms with Crippen LogP contribution in [-0.2, 0) is 22.9 Å². The molecule has 0 bridgehead atoms. The SMILES string of the molecule is CCO[Si](CCCNOCC1CO1)(OCC)OCC. The van der Waals surface area contributed by atoms with Crippen molar-refractivity contribution in [1.82, 2.24) is 5.48 Å². The summed E-state index contributed by atoms with van der Waals surface area (Å²) in [5, 5.41) is 0. The number of nitrogens with one attached hydrogen (secondary N) is 1. The molecule has 0 radical (unpaired) electrons. The average Bonchev–Trinajstić information content (AvgIpc) is 3.19. The fourth-order valence-electron chi connectivity index (χ4n) is 1.77. The van der Waals surface area contributed by atoms with Crippen molar-refractivity contribution in [3.05, 3.63) is 0 Å². The van der Waals surface area contributed by atoms with Gasteiger partial charge in [0.15, 0.2) is 0 Å². The summed E-state index contributed by atoms with van der Waals surface area (Å²) in [6.45, 7) is 9.96. The molecule has 0 saturated carbocycles. The van der Waals surface area contributed by atoms with Crippen LogP contribution in [0.5, 0.6) is 0 Å². The molecule has 6 nitrogen and oxygen atoms in total. The van der Waals surface area contributed by atoms with Gasteiger partial charge in [0.25, 0.3) is 0 Å². The van der Waals surface area contributed by atoms with Gasteiger partial charge in [0.05, 0.1) is 13.2 Å². The summed E-state index contributed by atoms with van der Waals surface area (Å²) in [4.78, 5) is 5.27. The van der Waals surface area contributed by atoms with E-state index in [4.69, 9.17) is 22.9 Å². The Labute approximate surface area is 117 Å². The van der Waals surface area contributed by atoms with Gasteiger partial charge in [0, 0.05) is 32.4 Å². The smallest absolute Gasteiger partial charge is 0.374 e. The highest BCUT2D eigenvalue weighted by Gasteiger charge is 2.39. The number of ether oxygens (including phenoxy) is 1. The second kappa shape index (κ2) is 9.81. The van der Waals surface area contributed by atoms with Gasteiger partial charge in [0.2, 0.25) is 0 Å². The van der Waals surface area contributed by atoms with E-state index in [1.165, 1.54) is 0 Å². The quantitative estimate of drug-likeness (QED) is 0.239. The van der Waals surface area contributed by atoms with E-state index in [1.54, 1.807) is 0 Å². The zero-order chi connectivity index (χ0) is 14.0. The minimum atomic E-state index is -2.49. The van der Waals surface area contributed by atoms with Crippen LogP contribution < -0.4 is 5.48 Å². The molecule has 1 N–H and O–H groups in total. The van der Waals surface area contributed by atoms with E-state index >= 15 is 0 Å². The first-order valence-corrected chi connectivity index (χ1v) is 9.07. The predicted octanol–water partition coefficient (Wildman–Crippen LogP) is 1.34. The fraction of sp³-hybridized carbons (Fsp3) is 1.00. The largest absolute Gasteiger partial charge is 0.500 e. The van der Waals surface area contributed by atoms with Crippen molar-refractivity contribution in [2.75, 3.05) is 39.6 Å². The number of hydrogen-bond acceptors (Lipinski definition) is 6. The zero-order valence-corrected chi connectivity index (χ0v) is 13.3. The molecule has 1 saturated heterocycles. The van der Waals surface area contributed by atoms with Crippen molar-refractivity contribution in [2.45, 2.75) is 39.3 Å². The molecule has 0 aromatic rings. The summed E-state index contributed by atoms with van der Waals surface area (Å²) in [6, 6.07) is 0.804. The Bertz CT molecular complexity index is 211. The van der Waals surface area contributed by atoms with Crippen LogP contribution in [0.4, 0.5) is 0 Å². The Morgan fingerprint density at radius 1 is 1.11 bits per heavy atom. The van der Waals surface area contributed by atoms with Gasteiger partial charge in [-0.1, -0.05) is 0 Å². The molecular weight excluding hydrogens is 266 g/mol. The van der Waals surface area contributed by atoms with Crippen molar-refractivity contribution < 1.29 is 22.9 Å². The van der Waals surface area contributed by atoms with Gasteiger partial charge in [-0.25, -0.2) is 5.48 Å². The van der Waals surface area contributed by atoms with Crippen molar-refractivity contribution in [2.24, 2.45) is 0 Å². The molecule has 19 heavy (non-hydrogen) atoms. The minimum absolute atomic E-state index is 0.288. The molecular formula is C12H27NO5Si. The van der Waals surface area contributed by atoms with Crippen LogP contribution in [0, 0.1) is 0 Å². The first-order chi connectivity index (χ1) is 9.26. The summed E-state index contributed by atoms with van der Waals surface area (Å²) in [7, 11) is -2.49. The lowest BCUT2D eigenvalue weighted by Crippen LogP contribution is -2.46. The van der Waals surface area contributed by atoms with E-state index in [-0.39, 0.29) is 6.10 Å². The third-order valence-electron chi connectivity index (χ3n) is 2.63. The molecule has 1 aliphatic rings. The first kappa shape index (κ1) is 17.0. The maximum atomic E-state index is 5.77. The maximum Gasteiger partial charge on any atom is 0.500 e. The molecule has 1 fully saturated rings. The molecule has 0 aromatic heterocycles. The minimum Gasteiger partial charge on any atom is -0.374 e. The average molecular weight is 293 g/mol. The number of hydrogen-bond donors (Lipinski definition) is 1. The highest BCUT2D eigenvalue weighted by Crippen LogP contribution is 2.17. The van der Waals surface area contributed by atoms with Gasteiger partial charge >= 0.3 is 8.80 Å². The molecule has 0 aliphatic carbocycles. The normalized spacial score (nSPS) is 18.8. The molecule has 7 heteroatoms. The Morgan fingerprint density at radius 3 is 2.16 bits per heavy atom. The summed E-state index contributed by atoms with van der Waals surface area (Å²) >= 11 is 0. The van der Waals surface area contributed by atoms with E-state index in [1.807, 2.05) is 20.8 Å². The van der Waals surface area contributed by atoms with Crippen molar-refractivity contribution in [1.29, 1.82) is 0 Å². The van der Waals surface area contributed by atoms with Gasteiger partial charge in [-0.2, -0.15) is 0 Å². The standard InChI is InChI=1S/C12H27NO5Si/c1-4-16-19(17-5-2,18-6-3)9-7-8-13-15-11-12-10-14-12/h12-13H,4-11H2,1-3H3. The van der Waals surface area contributed by atoms with E-state index in [2.05, 4.69) is 5.48 Å². The van der Waals surface area contributed by atoms with Crippen LogP contribution in [0.1, 0.15) is 27.2 Å². The molecule has 1 unspecified atom stereocenters. The van der Waals surface area contributed by atoms with Gasteiger partial charge in [-0.15, -0.1) is 0 Å². The summed E-state index contributed by atoms with van der Waals surface area (Å²) in [6.07, 6.45) is 1.19. The second-order valence-electron chi connectivity index (χ2n) is 4.25. The highest BCUT2D eigenvalue weighted by molar-refractivity contribution is 6.60. The summed E-state index contributed by atoms with van der Waals surface area (Å²) < 4.78 is 22.4. The second-order valence-corrected chi connectivity index (χ2v) is 6.98. The van der Waals surface area contributed by atoms with E-state index in [0.29, 0.717) is 26.4 Å². The molecule has 1 rings (SSSR count). The topological polar surface area (TPSA) is 61.5 Å². The van der Waals surface area contributed by atoms with Crippen LogP contribution in [0.15, 0.2) is 0 Å². The Hall–Kier alpha value is -0.0231. The molecule has 1 atom stereocenters. The Kier molecular flexibility index (Phi) is 8.80. The van der Waals surface area contributed by atoms with Crippen molar-refractivity contribution >= 4 is 8.80 Å². The Balaban J connectivity index is 2.17. The predicted molar refractivity (Wildman–Crippen MR) is 73.8 cm³/mol. The van der Waals surface area contributed by atoms with E-state index < -0.39 is 8.80 Å². The van der Waals surface area contributed by atoms with Crippen LogP contribution in [0.3, 0.4) is 0 Å². The van der Waals surface area contributed by atoms with Gasteiger partial charge < -0.3 is 18.0 Å².